The third-order valence-electron chi connectivity index (χ3n) is 2.71. The summed E-state index contributed by atoms with van der Waals surface area (Å²) >= 11 is 0. The molecule has 0 radical (unpaired) electrons. The summed E-state index contributed by atoms with van der Waals surface area (Å²) in [4.78, 5) is 12.4. The van der Waals surface area contributed by atoms with E-state index in [9.17, 15) is 0 Å². The summed E-state index contributed by atoms with van der Waals surface area (Å²) in [5.41, 5.74) is 1.75. The van der Waals surface area contributed by atoms with Gasteiger partial charge in [-0.3, -0.25) is 5.10 Å². The van der Waals surface area contributed by atoms with Gasteiger partial charge < -0.3 is 10.1 Å². The van der Waals surface area contributed by atoms with Crippen molar-refractivity contribution in [3.63, 3.8) is 0 Å². The van der Waals surface area contributed by atoms with Crippen molar-refractivity contribution in [1.29, 1.82) is 0 Å². The van der Waals surface area contributed by atoms with Gasteiger partial charge in [-0.1, -0.05) is 6.07 Å². The molecule has 0 aromatic carbocycles. The number of hydrogen-bond donors (Lipinski definition) is 2. The van der Waals surface area contributed by atoms with Crippen molar-refractivity contribution < 1.29 is 4.74 Å². The Morgan fingerprint density at radius 2 is 2.16 bits per heavy atom. The zero-order valence-corrected chi connectivity index (χ0v) is 10.3. The second kappa shape index (κ2) is 4.89. The van der Waals surface area contributed by atoms with Crippen LogP contribution in [0.2, 0.25) is 0 Å². The summed E-state index contributed by atoms with van der Waals surface area (Å²) < 4.78 is 5.01. The molecule has 0 atom stereocenters. The zero-order valence-electron chi connectivity index (χ0n) is 10.3. The van der Waals surface area contributed by atoms with Crippen molar-refractivity contribution in [3.05, 3.63) is 36.4 Å². The second-order valence-electron chi connectivity index (χ2n) is 3.92. The van der Waals surface area contributed by atoms with Crippen molar-refractivity contribution in [1.82, 2.24) is 25.1 Å². The normalized spacial score (nSPS) is 10.6. The van der Waals surface area contributed by atoms with E-state index in [-0.39, 0.29) is 0 Å². The molecule has 3 rings (SSSR count). The molecule has 0 aliphatic heterocycles. The van der Waals surface area contributed by atoms with Crippen LogP contribution in [0.1, 0.15) is 5.56 Å². The molecular weight excluding hydrogens is 244 g/mol. The van der Waals surface area contributed by atoms with Crippen molar-refractivity contribution in [2.24, 2.45) is 0 Å². The van der Waals surface area contributed by atoms with E-state index in [1.807, 2.05) is 12.1 Å². The summed E-state index contributed by atoms with van der Waals surface area (Å²) in [5.74, 6) is 1.34. The minimum atomic E-state index is 0.600. The Kier molecular flexibility index (Phi) is 2.93. The molecule has 2 N–H and O–H groups in total. The van der Waals surface area contributed by atoms with E-state index in [0.29, 0.717) is 18.1 Å². The van der Waals surface area contributed by atoms with Crippen LogP contribution in [0.5, 0.6) is 5.88 Å². The van der Waals surface area contributed by atoms with Crippen LogP contribution in [0, 0.1) is 0 Å². The topological polar surface area (TPSA) is 88.6 Å². The Labute approximate surface area is 109 Å². The van der Waals surface area contributed by atoms with E-state index >= 15 is 0 Å². The van der Waals surface area contributed by atoms with Gasteiger partial charge in [-0.05, 0) is 5.56 Å². The van der Waals surface area contributed by atoms with Gasteiger partial charge in [0.15, 0.2) is 5.65 Å². The zero-order chi connectivity index (χ0) is 13.1. The van der Waals surface area contributed by atoms with Gasteiger partial charge in [-0.15, -0.1) is 0 Å². The van der Waals surface area contributed by atoms with Crippen LogP contribution < -0.4 is 10.1 Å². The van der Waals surface area contributed by atoms with E-state index in [4.69, 9.17) is 4.74 Å². The standard InChI is InChI=1S/C12H12N6O/c1-19-10-3-2-8(4-13-10)5-14-11-9-6-17-18-12(9)16-7-15-11/h2-4,6-7H,5H2,1H3,(H2,14,15,16,17,18). The van der Waals surface area contributed by atoms with Crippen molar-refractivity contribution >= 4 is 16.9 Å². The third kappa shape index (κ3) is 2.30. The van der Waals surface area contributed by atoms with Gasteiger partial charge in [0.1, 0.15) is 12.1 Å². The smallest absolute Gasteiger partial charge is 0.212 e. The van der Waals surface area contributed by atoms with E-state index in [1.54, 1.807) is 19.5 Å². The molecule has 0 aliphatic carbocycles. The maximum atomic E-state index is 5.01. The largest absolute Gasteiger partial charge is 0.481 e. The quantitative estimate of drug-likeness (QED) is 0.733. The fourth-order valence-electron chi connectivity index (χ4n) is 1.73. The number of hydrogen-bond acceptors (Lipinski definition) is 6. The molecular formula is C12H12N6O. The number of H-pyrrole nitrogens is 1. The fourth-order valence-corrected chi connectivity index (χ4v) is 1.73. The van der Waals surface area contributed by atoms with Gasteiger partial charge in [-0.2, -0.15) is 5.10 Å². The summed E-state index contributed by atoms with van der Waals surface area (Å²) in [6.07, 6.45) is 4.96. The maximum absolute atomic E-state index is 5.01. The van der Waals surface area contributed by atoms with Crippen LogP contribution >= 0.6 is 0 Å². The minimum Gasteiger partial charge on any atom is -0.481 e. The van der Waals surface area contributed by atoms with Gasteiger partial charge in [0.25, 0.3) is 0 Å². The molecule has 0 aliphatic rings. The number of nitrogens with one attached hydrogen (secondary N) is 2. The van der Waals surface area contributed by atoms with Crippen LogP contribution in [0.3, 0.4) is 0 Å². The lowest BCUT2D eigenvalue weighted by Gasteiger charge is -2.06. The number of fused-ring (bicyclic) bond motifs is 1. The van der Waals surface area contributed by atoms with Crippen LogP contribution in [-0.2, 0) is 6.54 Å². The second-order valence-corrected chi connectivity index (χ2v) is 3.92. The molecule has 3 heterocycles. The highest BCUT2D eigenvalue weighted by atomic mass is 16.5. The molecule has 96 valence electrons. The third-order valence-corrected chi connectivity index (χ3v) is 2.71. The Balaban J connectivity index is 1.76. The first-order valence-electron chi connectivity index (χ1n) is 5.73. The Morgan fingerprint density at radius 3 is 2.95 bits per heavy atom. The van der Waals surface area contributed by atoms with Crippen molar-refractivity contribution in [2.45, 2.75) is 6.54 Å². The Morgan fingerprint density at radius 1 is 1.21 bits per heavy atom. The molecule has 0 unspecified atom stereocenters. The van der Waals surface area contributed by atoms with E-state index in [2.05, 4.69) is 30.5 Å². The average molecular weight is 256 g/mol. The molecule has 0 spiro atoms. The highest BCUT2D eigenvalue weighted by molar-refractivity contribution is 5.85. The summed E-state index contributed by atoms with van der Waals surface area (Å²) in [6, 6.07) is 3.77. The average Bonchev–Trinajstić information content (AvgIpc) is 2.94. The van der Waals surface area contributed by atoms with Crippen molar-refractivity contribution in [2.75, 3.05) is 12.4 Å². The molecule has 3 aromatic rings. The van der Waals surface area contributed by atoms with E-state index < -0.39 is 0 Å². The summed E-state index contributed by atoms with van der Waals surface area (Å²) in [6.45, 7) is 0.619. The van der Waals surface area contributed by atoms with Gasteiger partial charge in [0, 0.05) is 18.8 Å². The molecule has 7 heteroatoms. The number of pyridine rings is 1. The number of ether oxygens (including phenoxy) is 1. The highest BCUT2D eigenvalue weighted by Crippen LogP contribution is 2.17. The van der Waals surface area contributed by atoms with Crippen molar-refractivity contribution in [3.8, 4) is 5.88 Å². The van der Waals surface area contributed by atoms with Crippen LogP contribution in [-0.4, -0.2) is 32.3 Å². The molecule has 0 amide bonds. The molecule has 7 nitrogen and oxygen atoms in total. The Bertz CT molecular complexity index is 678. The van der Waals surface area contributed by atoms with Crippen LogP contribution in [0.15, 0.2) is 30.9 Å². The summed E-state index contributed by atoms with van der Waals surface area (Å²) in [7, 11) is 1.59. The SMILES string of the molecule is COc1ccc(CNc2ncnc3[nH]ncc23)cn1. The lowest BCUT2D eigenvalue weighted by Crippen LogP contribution is -2.02. The number of nitrogens with zero attached hydrogens (tertiary/aromatic N) is 4. The number of rotatable bonds is 4. The lowest BCUT2D eigenvalue weighted by atomic mass is 10.3. The van der Waals surface area contributed by atoms with Gasteiger partial charge >= 0.3 is 0 Å². The van der Waals surface area contributed by atoms with Crippen LogP contribution in [0.25, 0.3) is 11.0 Å². The predicted molar refractivity (Wildman–Crippen MR) is 69.8 cm³/mol. The van der Waals surface area contributed by atoms with Gasteiger partial charge in [0.05, 0.1) is 18.7 Å². The monoisotopic (exact) mass is 256 g/mol. The lowest BCUT2D eigenvalue weighted by molar-refractivity contribution is 0.397. The molecule has 0 saturated heterocycles. The first-order chi connectivity index (χ1) is 9.36. The first kappa shape index (κ1) is 11.4. The van der Waals surface area contributed by atoms with Gasteiger partial charge in [0.2, 0.25) is 5.88 Å². The molecule has 0 bridgehead atoms. The minimum absolute atomic E-state index is 0.600. The highest BCUT2D eigenvalue weighted by Gasteiger charge is 2.04. The number of methoxy groups -OCH3 is 1. The van der Waals surface area contributed by atoms with Crippen LogP contribution in [0.4, 0.5) is 5.82 Å². The Hall–Kier alpha value is -2.70. The van der Waals surface area contributed by atoms with E-state index in [0.717, 1.165) is 16.8 Å². The fraction of sp³-hybridized carbons (Fsp3) is 0.167. The number of anilines is 1. The maximum Gasteiger partial charge on any atom is 0.212 e. The first-order valence-corrected chi connectivity index (χ1v) is 5.73. The summed E-state index contributed by atoms with van der Waals surface area (Å²) in [5, 5.41) is 10.8. The number of aromatic amines is 1. The van der Waals surface area contributed by atoms with E-state index in [1.165, 1.54) is 6.33 Å². The molecule has 0 saturated carbocycles. The molecule has 0 fully saturated rings. The molecule has 19 heavy (non-hydrogen) atoms. The molecule has 3 aromatic heterocycles. The van der Waals surface area contributed by atoms with Gasteiger partial charge in [-0.25, -0.2) is 15.0 Å². The predicted octanol–water partition coefficient (Wildman–Crippen LogP) is 1.37. The number of aromatic nitrogens is 5.